The van der Waals surface area contributed by atoms with E-state index in [1.165, 1.54) is 16.7 Å². The molecule has 0 amide bonds. The predicted molar refractivity (Wildman–Crippen MR) is 112 cm³/mol. The second kappa shape index (κ2) is 9.13. The lowest BCUT2D eigenvalue weighted by Gasteiger charge is -2.39. The highest BCUT2D eigenvalue weighted by molar-refractivity contribution is 9.09. The number of nitrogens with one attached hydrogen (secondary N) is 1. The van der Waals surface area contributed by atoms with Crippen molar-refractivity contribution in [2.45, 2.75) is 18.7 Å². The summed E-state index contributed by atoms with van der Waals surface area (Å²) in [5, 5.41) is 4.58. The standard InChI is InChI=1S/C23H24BrNO/c1-19(26-18-17-24)25-23(20-11-5-2-6-12-20,21-13-7-3-8-14-21)22-15-9-4-10-16-22/h2-16,19,25H,17-18H2,1H3. The molecule has 3 rings (SSSR count). The molecule has 1 atom stereocenters. The van der Waals surface area contributed by atoms with Crippen LogP contribution in [0.5, 0.6) is 0 Å². The first-order chi connectivity index (χ1) is 12.8. The van der Waals surface area contributed by atoms with E-state index in [4.69, 9.17) is 4.74 Å². The molecule has 0 bridgehead atoms. The SMILES string of the molecule is CC(NC(c1ccccc1)(c1ccccc1)c1ccccc1)OCCBr. The normalized spacial score (nSPS) is 12.7. The molecule has 0 radical (unpaired) electrons. The predicted octanol–water partition coefficient (Wildman–Crippen LogP) is 5.33. The minimum atomic E-state index is -0.491. The smallest absolute Gasteiger partial charge is 0.106 e. The molecule has 0 aromatic heterocycles. The Kier molecular flexibility index (Phi) is 6.62. The lowest BCUT2D eigenvalue weighted by atomic mass is 9.77. The summed E-state index contributed by atoms with van der Waals surface area (Å²) in [6.07, 6.45) is -0.117. The third-order valence-electron chi connectivity index (χ3n) is 4.49. The highest BCUT2D eigenvalue weighted by atomic mass is 79.9. The maximum absolute atomic E-state index is 5.95. The molecule has 0 saturated heterocycles. The molecule has 26 heavy (non-hydrogen) atoms. The average molecular weight is 410 g/mol. The van der Waals surface area contributed by atoms with E-state index in [0.29, 0.717) is 6.61 Å². The third-order valence-corrected chi connectivity index (χ3v) is 4.81. The maximum Gasteiger partial charge on any atom is 0.106 e. The Morgan fingerprint density at radius 2 is 1.15 bits per heavy atom. The number of benzene rings is 3. The van der Waals surface area contributed by atoms with E-state index >= 15 is 0 Å². The van der Waals surface area contributed by atoms with Crippen LogP contribution in [0.1, 0.15) is 23.6 Å². The highest BCUT2D eigenvalue weighted by Gasteiger charge is 2.37. The number of hydrogen-bond donors (Lipinski definition) is 1. The Morgan fingerprint density at radius 1 is 0.769 bits per heavy atom. The highest BCUT2D eigenvalue weighted by Crippen LogP contribution is 2.37. The zero-order chi connectivity index (χ0) is 18.2. The number of rotatable bonds is 8. The van der Waals surface area contributed by atoms with Gasteiger partial charge in [-0.3, -0.25) is 5.32 Å². The Balaban J connectivity index is 2.18. The molecule has 0 saturated carbocycles. The quantitative estimate of drug-likeness (QED) is 0.308. The van der Waals surface area contributed by atoms with Gasteiger partial charge >= 0.3 is 0 Å². The van der Waals surface area contributed by atoms with Gasteiger partial charge < -0.3 is 4.74 Å². The molecule has 2 nitrogen and oxygen atoms in total. The second-order valence-electron chi connectivity index (χ2n) is 6.19. The number of halogens is 1. The molecule has 0 fully saturated rings. The number of hydrogen-bond acceptors (Lipinski definition) is 2. The van der Waals surface area contributed by atoms with Crippen LogP contribution >= 0.6 is 15.9 Å². The Labute approximate surface area is 164 Å². The van der Waals surface area contributed by atoms with Gasteiger partial charge in [0, 0.05) is 5.33 Å². The third kappa shape index (κ3) is 4.07. The van der Waals surface area contributed by atoms with Crippen LogP contribution in [0.15, 0.2) is 91.0 Å². The van der Waals surface area contributed by atoms with Crippen molar-refractivity contribution in [2.75, 3.05) is 11.9 Å². The van der Waals surface area contributed by atoms with Crippen LogP contribution in [0.25, 0.3) is 0 Å². The van der Waals surface area contributed by atoms with E-state index < -0.39 is 5.54 Å². The van der Waals surface area contributed by atoms with Gasteiger partial charge in [-0.1, -0.05) is 107 Å². The van der Waals surface area contributed by atoms with Crippen LogP contribution in [0.3, 0.4) is 0 Å². The molecule has 3 heteroatoms. The van der Waals surface area contributed by atoms with Crippen molar-refractivity contribution in [3.8, 4) is 0 Å². The first kappa shape index (κ1) is 18.8. The Bertz CT molecular complexity index is 680. The van der Waals surface area contributed by atoms with E-state index in [-0.39, 0.29) is 6.23 Å². The van der Waals surface area contributed by atoms with Gasteiger partial charge in [0.1, 0.15) is 6.23 Å². The summed E-state index contributed by atoms with van der Waals surface area (Å²) in [5.74, 6) is 0. The molecule has 0 aliphatic heterocycles. The summed E-state index contributed by atoms with van der Waals surface area (Å²) in [6.45, 7) is 2.72. The topological polar surface area (TPSA) is 21.3 Å². The fourth-order valence-corrected chi connectivity index (χ4v) is 3.57. The van der Waals surface area contributed by atoms with E-state index in [0.717, 1.165) is 5.33 Å². The van der Waals surface area contributed by atoms with Crippen LogP contribution < -0.4 is 5.32 Å². The molecule has 134 valence electrons. The van der Waals surface area contributed by atoms with Crippen LogP contribution in [-0.4, -0.2) is 18.2 Å². The molecule has 1 unspecified atom stereocenters. The zero-order valence-corrected chi connectivity index (χ0v) is 16.5. The molecular weight excluding hydrogens is 386 g/mol. The van der Waals surface area contributed by atoms with Crippen molar-refractivity contribution in [1.82, 2.24) is 5.32 Å². The molecule has 0 heterocycles. The molecule has 0 aliphatic carbocycles. The molecular formula is C23H24BrNO. The van der Waals surface area contributed by atoms with E-state index in [1.807, 2.05) is 0 Å². The van der Waals surface area contributed by atoms with Gasteiger partial charge in [0.25, 0.3) is 0 Å². The van der Waals surface area contributed by atoms with Crippen molar-refractivity contribution in [3.63, 3.8) is 0 Å². The monoisotopic (exact) mass is 409 g/mol. The van der Waals surface area contributed by atoms with Gasteiger partial charge in [-0.05, 0) is 23.6 Å². The van der Waals surface area contributed by atoms with E-state index in [9.17, 15) is 0 Å². The summed E-state index contributed by atoms with van der Waals surface area (Å²) in [5.41, 5.74) is 3.07. The van der Waals surface area contributed by atoms with Crippen LogP contribution in [0.2, 0.25) is 0 Å². The van der Waals surface area contributed by atoms with Crippen molar-refractivity contribution in [2.24, 2.45) is 0 Å². The molecule has 0 spiro atoms. The van der Waals surface area contributed by atoms with Crippen molar-refractivity contribution >= 4 is 15.9 Å². The summed E-state index contributed by atoms with van der Waals surface area (Å²) >= 11 is 3.44. The van der Waals surface area contributed by atoms with Gasteiger partial charge in [0.05, 0.1) is 12.1 Å². The van der Waals surface area contributed by atoms with Crippen molar-refractivity contribution in [3.05, 3.63) is 108 Å². The molecule has 1 N–H and O–H groups in total. The Hall–Kier alpha value is -1.94. The number of ether oxygens (including phenoxy) is 1. The van der Waals surface area contributed by atoms with Gasteiger partial charge in [-0.2, -0.15) is 0 Å². The van der Waals surface area contributed by atoms with Crippen molar-refractivity contribution in [1.29, 1.82) is 0 Å². The number of alkyl halides is 1. The van der Waals surface area contributed by atoms with E-state index in [2.05, 4.69) is 119 Å². The maximum atomic E-state index is 5.95. The Morgan fingerprint density at radius 3 is 1.50 bits per heavy atom. The van der Waals surface area contributed by atoms with Crippen LogP contribution in [-0.2, 0) is 10.3 Å². The average Bonchev–Trinajstić information content (AvgIpc) is 2.72. The molecule has 3 aromatic carbocycles. The second-order valence-corrected chi connectivity index (χ2v) is 6.99. The first-order valence-corrected chi connectivity index (χ1v) is 10.0. The first-order valence-electron chi connectivity index (χ1n) is 8.89. The van der Waals surface area contributed by atoms with Crippen molar-refractivity contribution < 1.29 is 4.74 Å². The molecule has 3 aromatic rings. The van der Waals surface area contributed by atoms with Crippen LogP contribution in [0, 0.1) is 0 Å². The fraction of sp³-hybridized carbons (Fsp3) is 0.217. The molecule has 0 aliphatic rings. The minimum Gasteiger partial charge on any atom is -0.363 e. The fourth-order valence-electron chi connectivity index (χ4n) is 3.38. The van der Waals surface area contributed by atoms with E-state index in [1.54, 1.807) is 0 Å². The van der Waals surface area contributed by atoms with Gasteiger partial charge in [-0.25, -0.2) is 0 Å². The lowest BCUT2D eigenvalue weighted by Crippen LogP contribution is -2.49. The summed E-state index contributed by atoms with van der Waals surface area (Å²) < 4.78 is 5.95. The lowest BCUT2D eigenvalue weighted by molar-refractivity contribution is 0.0386. The van der Waals surface area contributed by atoms with Crippen LogP contribution in [0.4, 0.5) is 0 Å². The largest absolute Gasteiger partial charge is 0.363 e. The van der Waals surface area contributed by atoms with Gasteiger partial charge in [0.2, 0.25) is 0 Å². The summed E-state index contributed by atoms with van der Waals surface area (Å²) in [6, 6.07) is 31.7. The summed E-state index contributed by atoms with van der Waals surface area (Å²) in [4.78, 5) is 0. The summed E-state index contributed by atoms with van der Waals surface area (Å²) in [7, 11) is 0. The minimum absolute atomic E-state index is 0.117. The zero-order valence-electron chi connectivity index (χ0n) is 14.9. The van der Waals surface area contributed by atoms with Gasteiger partial charge in [-0.15, -0.1) is 0 Å². The van der Waals surface area contributed by atoms with Gasteiger partial charge in [0.15, 0.2) is 0 Å².